The van der Waals surface area contributed by atoms with Gasteiger partial charge in [-0.2, -0.15) is 0 Å². The molecule has 3 amide bonds. The van der Waals surface area contributed by atoms with Crippen LogP contribution in [0.2, 0.25) is 0 Å². The molecule has 2 atom stereocenters. The van der Waals surface area contributed by atoms with E-state index in [4.69, 9.17) is 0 Å². The number of hydrogen-bond donors (Lipinski definition) is 1. The lowest BCUT2D eigenvalue weighted by Gasteiger charge is -2.40. The van der Waals surface area contributed by atoms with E-state index in [9.17, 15) is 14.0 Å². The summed E-state index contributed by atoms with van der Waals surface area (Å²) < 4.78 is 14.1. The molecule has 0 spiro atoms. The molecule has 2 aliphatic rings. The molecule has 194 valence electrons. The number of piperazine rings is 1. The molecule has 3 aromatic rings. The molecule has 6 nitrogen and oxygen atoms in total. The van der Waals surface area contributed by atoms with Crippen LogP contribution in [0.15, 0.2) is 66.0 Å². The van der Waals surface area contributed by atoms with Gasteiger partial charge in [0.25, 0.3) is 0 Å². The number of fused-ring (bicyclic) bond motifs is 1. The highest BCUT2D eigenvalue weighted by Gasteiger charge is 2.32. The minimum atomic E-state index is -0.240. The molecule has 0 aliphatic carbocycles. The van der Waals surface area contributed by atoms with Crippen molar-refractivity contribution in [2.75, 3.05) is 32.7 Å². The average Bonchev–Trinajstić information content (AvgIpc) is 3.39. The van der Waals surface area contributed by atoms with Crippen LogP contribution in [0, 0.1) is 5.82 Å². The first-order chi connectivity index (χ1) is 18.0. The number of carbonyl (C=O) groups is 2. The molecule has 5 rings (SSSR count). The van der Waals surface area contributed by atoms with Crippen LogP contribution < -0.4 is 5.32 Å². The molecular formula is C29H33FN4O2S. The Morgan fingerprint density at radius 2 is 1.89 bits per heavy atom. The molecule has 2 aromatic carbocycles. The quantitative estimate of drug-likeness (QED) is 0.514. The molecule has 3 heterocycles. The number of thiophene rings is 1. The molecule has 1 N–H and O–H groups in total. The highest BCUT2D eigenvalue weighted by Crippen LogP contribution is 2.38. The van der Waals surface area contributed by atoms with E-state index in [2.05, 4.69) is 21.7 Å². The van der Waals surface area contributed by atoms with Crippen molar-refractivity contribution in [2.24, 2.45) is 0 Å². The summed E-state index contributed by atoms with van der Waals surface area (Å²) in [6, 6.07) is 18.6. The standard InChI is InChI=1S/C29H33FN4O2S/c1-21-20-33(15-16-34(21)29(36)31-19-22-6-3-2-4-7-22)27(35)11-14-32-13-10-26-25(12-17-37-26)28(32)23-8-5-9-24(30)18-23/h2-9,12,17-18,21,28H,10-11,13-16,19-20H2,1H3,(H,31,36)/t21-,28+/m0/s1. The lowest BCUT2D eigenvalue weighted by atomic mass is 9.93. The molecule has 1 fully saturated rings. The van der Waals surface area contributed by atoms with E-state index < -0.39 is 0 Å². The van der Waals surface area contributed by atoms with Crippen molar-refractivity contribution < 1.29 is 14.0 Å². The van der Waals surface area contributed by atoms with Gasteiger partial charge in [0, 0.05) is 56.6 Å². The van der Waals surface area contributed by atoms with Gasteiger partial charge >= 0.3 is 6.03 Å². The van der Waals surface area contributed by atoms with E-state index in [1.54, 1.807) is 23.5 Å². The Morgan fingerprint density at radius 1 is 1.05 bits per heavy atom. The Bertz CT molecular complexity index is 1230. The second-order valence-electron chi connectivity index (χ2n) is 9.82. The van der Waals surface area contributed by atoms with Crippen LogP contribution in [0.3, 0.4) is 0 Å². The molecule has 1 saturated heterocycles. The van der Waals surface area contributed by atoms with Gasteiger partial charge in [0.2, 0.25) is 5.91 Å². The van der Waals surface area contributed by atoms with Crippen LogP contribution in [0.5, 0.6) is 0 Å². The predicted molar refractivity (Wildman–Crippen MR) is 144 cm³/mol. The third-order valence-electron chi connectivity index (χ3n) is 7.37. The summed E-state index contributed by atoms with van der Waals surface area (Å²) in [7, 11) is 0. The second-order valence-corrected chi connectivity index (χ2v) is 10.8. The Kier molecular flexibility index (Phi) is 7.86. The summed E-state index contributed by atoms with van der Waals surface area (Å²) in [5.41, 5.74) is 3.20. The number of rotatable bonds is 6. The van der Waals surface area contributed by atoms with Gasteiger partial charge in [-0.05, 0) is 53.6 Å². The van der Waals surface area contributed by atoms with Crippen molar-refractivity contribution >= 4 is 23.3 Å². The first-order valence-corrected chi connectivity index (χ1v) is 13.8. The Hall–Kier alpha value is -3.23. The first-order valence-electron chi connectivity index (χ1n) is 12.9. The van der Waals surface area contributed by atoms with Crippen molar-refractivity contribution in [2.45, 2.75) is 38.4 Å². The number of urea groups is 1. The van der Waals surface area contributed by atoms with Crippen molar-refractivity contribution in [1.82, 2.24) is 20.0 Å². The SMILES string of the molecule is C[C@H]1CN(C(=O)CCN2CCc3sccc3[C@H]2c2cccc(F)c2)CCN1C(=O)NCc1ccccc1. The van der Waals surface area contributed by atoms with Gasteiger partial charge in [-0.1, -0.05) is 42.5 Å². The molecular weight excluding hydrogens is 487 g/mol. The zero-order valence-corrected chi connectivity index (χ0v) is 21.9. The zero-order chi connectivity index (χ0) is 25.8. The minimum Gasteiger partial charge on any atom is -0.339 e. The van der Waals surface area contributed by atoms with Crippen molar-refractivity contribution in [3.8, 4) is 0 Å². The number of halogens is 1. The summed E-state index contributed by atoms with van der Waals surface area (Å²) in [4.78, 5) is 33.3. The third kappa shape index (κ3) is 5.86. The monoisotopic (exact) mass is 520 g/mol. The number of hydrogen-bond acceptors (Lipinski definition) is 4. The summed E-state index contributed by atoms with van der Waals surface area (Å²) >= 11 is 1.75. The summed E-state index contributed by atoms with van der Waals surface area (Å²) in [6.45, 7) is 5.50. The third-order valence-corrected chi connectivity index (χ3v) is 8.37. The number of amides is 3. The topological polar surface area (TPSA) is 55.9 Å². The normalized spacial score (nSPS) is 19.9. The summed E-state index contributed by atoms with van der Waals surface area (Å²) in [5.74, 6) is -0.138. The van der Waals surface area contributed by atoms with E-state index in [1.807, 2.05) is 53.1 Å². The molecule has 37 heavy (non-hydrogen) atoms. The molecule has 8 heteroatoms. The van der Waals surface area contributed by atoms with Gasteiger partial charge < -0.3 is 15.1 Å². The summed E-state index contributed by atoms with van der Waals surface area (Å²) in [5, 5.41) is 5.09. The maximum Gasteiger partial charge on any atom is 0.318 e. The van der Waals surface area contributed by atoms with Crippen LogP contribution in [0.1, 0.15) is 41.0 Å². The first kappa shape index (κ1) is 25.4. The maximum absolute atomic E-state index is 14.1. The molecule has 2 aliphatic heterocycles. The number of benzene rings is 2. The molecule has 0 saturated carbocycles. The predicted octanol–water partition coefficient (Wildman–Crippen LogP) is 4.67. The molecule has 0 radical (unpaired) electrons. The highest BCUT2D eigenvalue weighted by atomic mass is 32.1. The fraction of sp³-hybridized carbons (Fsp3) is 0.379. The maximum atomic E-state index is 14.1. The van der Waals surface area contributed by atoms with Gasteiger partial charge in [-0.25, -0.2) is 9.18 Å². The smallest absolute Gasteiger partial charge is 0.318 e. The van der Waals surface area contributed by atoms with Crippen LogP contribution in [0.4, 0.5) is 9.18 Å². The van der Waals surface area contributed by atoms with Crippen LogP contribution >= 0.6 is 11.3 Å². The van der Waals surface area contributed by atoms with Gasteiger partial charge in [0.15, 0.2) is 0 Å². The van der Waals surface area contributed by atoms with E-state index in [-0.39, 0.29) is 29.8 Å². The van der Waals surface area contributed by atoms with Gasteiger partial charge in [-0.15, -0.1) is 11.3 Å². The minimum absolute atomic E-state index is 0.0393. The Balaban J connectivity index is 1.16. The Morgan fingerprint density at radius 3 is 2.68 bits per heavy atom. The van der Waals surface area contributed by atoms with Gasteiger partial charge in [0.1, 0.15) is 5.82 Å². The van der Waals surface area contributed by atoms with Crippen LogP contribution in [-0.4, -0.2) is 65.4 Å². The lowest BCUT2D eigenvalue weighted by Crippen LogP contribution is -2.57. The zero-order valence-electron chi connectivity index (χ0n) is 21.1. The average molecular weight is 521 g/mol. The van der Waals surface area contributed by atoms with Crippen molar-refractivity contribution in [3.63, 3.8) is 0 Å². The van der Waals surface area contributed by atoms with Crippen molar-refractivity contribution in [1.29, 1.82) is 0 Å². The largest absolute Gasteiger partial charge is 0.339 e. The molecule has 1 aromatic heterocycles. The fourth-order valence-electron chi connectivity index (χ4n) is 5.43. The van der Waals surface area contributed by atoms with Gasteiger partial charge in [-0.3, -0.25) is 9.69 Å². The Labute approximate surface area is 221 Å². The van der Waals surface area contributed by atoms with E-state index >= 15 is 0 Å². The fourth-order valence-corrected chi connectivity index (χ4v) is 6.34. The van der Waals surface area contributed by atoms with E-state index in [0.717, 1.165) is 24.1 Å². The van der Waals surface area contributed by atoms with Gasteiger partial charge in [0.05, 0.1) is 6.04 Å². The highest BCUT2D eigenvalue weighted by molar-refractivity contribution is 7.10. The number of nitrogens with zero attached hydrogens (tertiary/aromatic N) is 3. The molecule has 0 bridgehead atoms. The van der Waals surface area contributed by atoms with E-state index in [0.29, 0.717) is 39.1 Å². The second kappa shape index (κ2) is 11.4. The molecule has 0 unspecified atom stereocenters. The van der Waals surface area contributed by atoms with Crippen molar-refractivity contribution in [3.05, 3.63) is 93.4 Å². The number of nitrogens with one attached hydrogen (secondary N) is 1. The lowest BCUT2D eigenvalue weighted by molar-refractivity contribution is -0.134. The van der Waals surface area contributed by atoms with Crippen LogP contribution in [0.25, 0.3) is 0 Å². The van der Waals surface area contributed by atoms with Crippen LogP contribution in [-0.2, 0) is 17.8 Å². The number of carbonyl (C=O) groups excluding carboxylic acids is 2. The summed E-state index contributed by atoms with van der Waals surface area (Å²) in [6.07, 6.45) is 1.35. The van der Waals surface area contributed by atoms with E-state index in [1.165, 1.54) is 16.5 Å².